The van der Waals surface area contributed by atoms with Crippen LogP contribution in [0.25, 0.3) is 0 Å². The van der Waals surface area contributed by atoms with Gasteiger partial charge in [-0.15, -0.1) is 0 Å². The molecule has 25 heavy (non-hydrogen) atoms. The van der Waals surface area contributed by atoms with Crippen LogP contribution in [0.5, 0.6) is 0 Å². The van der Waals surface area contributed by atoms with E-state index in [2.05, 4.69) is 4.90 Å². The Balaban J connectivity index is 1.75. The molecule has 2 unspecified atom stereocenters. The molecular weight excluding hydrogens is 320 g/mol. The van der Waals surface area contributed by atoms with E-state index < -0.39 is 12.0 Å². The van der Waals surface area contributed by atoms with Crippen molar-refractivity contribution in [1.82, 2.24) is 9.80 Å². The van der Waals surface area contributed by atoms with Gasteiger partial charge in [-0.25, -0.2) is 4.79 Å². The summed E-state index contributed by atoms with van der Waals surface area (Å²) in [5.74, 6) is -1.11. The SMILES string of the molecule is Cc1ccc(C(=O)N2CCC(N3CCOCC3)CC2C(=O)O)cc1C. The molecule has 0 saturated carbocycles. The van der Waals surface area contributed by atoms with Crippen LogP contribution in [0.4, 0.5) is 0 Å². The number of likely N-dealkylation sites (tertiary alicyclic amines) is 1. The number of piperidine rings is 1. The number of morpholine rings is 1. The fourth-order valence-electron chi connectivity index (χ4n) is 3.74. The molecule has 2 heterocycles. The maximum atomic E-state index is 12.9. The third-order valence-corrected chi connectivity index (χ3v) is 5.44. The van der Waals surface area contributed by atoms with E-state index in [0.717, 1.165) is 30.6 Å². The first-order chi connectivity index (χ1) is 12.0. The highest BCUT2D eigenvalue weighted by atomic mass is 16.5. The lowest BCUT2D eigenvalue weighted by molar-refractivity contribution is -0.144. The number of carboxylic acid groups (broad SMARTS) is 1. The minimum absolute atomic E-state index is 0.184. The summed E-state index contributed by atoms with van der Waals surface area (Å²) in [5.41, 5.74) is 2.73. The Labute approximate surface area is 148 Å². The van der Waals surface area contributed by atoms with Gasteiger partial charge in [-0.3, -0.25) is 9.69 Å². The van der Waals surface area contributed by atoms with Crippen molar-refractivity contribution in [3.63, 3.8) is 0 Å². The summed E-state index contributed by atoms with van der Waals surface area (Å²) in [6.45, 7) is 7.50. The van der Waals surface area contributed by atoms with E-state index in [1.54, 1.807) is 6.07 Å². The highest BCUT2D eigenvalue weighted by molar-refractivity contribution is 5.97. The van der Waals surface area contributed by atoms with Crippen LogP contribution in [-0.4, -0.2) is 71.7 Å². The highest BCUT2D eigenvalue weighted by Crippen LogP contribution is 2.25. The van der Waals surface area contributed by atoms with Crippen LogP contribution in [0.15, 0.2) is 18.2 Å². The van der Waals surface area contributed by atoms with Gasteiger partial charge >= 0.3 is 5.97 Å². The molecule has 2 fully saturated rings. The lowest BCUT2D eigenvalue weighted by atomic mass is 9.94. The van der Waals surface area contributed by atoms with Gasteiger partial charge in [0.25, 0.3) is 5.91 Å². The molecule has 0 aromatic heterocycles. The number of aryl methyl sites for hydroxylation is 2. The Bertz CT molecular complexity index is 655. The average Bonchev–Trinajstić information content (AvgIpc) is 2.63. The van der Waals surface area contributed by atoms with E-state index in [1.165, 1.54) is 4.90 Å². The van der Waals surface area contributed by atoms with Crippen molar-refractivity contribution in [3.8, 4) is 0 Å². The second kappa shape index (κ2) is 7.54. The van der Waals surface area contributed by atoms with Crippen molar-refractivity contribution in [2.75, 3.05) is 32.8 Å². The molecule has 0 radical (unpaired) electrons. The minimum atomic E-state index is -0.921. The fourth-order valence-corrected chi connectivity index (χ4v) is 3.74. The number of rotatable bonds is 3. The van der Waals surface area contributed by atoms with Crippen molar-refractivity contribution >= 4 is 11.9 Å². The molecule has 2 aliphatic rings. The summed E-state index contributed by atoms with van der Waals surface area (Å²) in [6.07, 6.45) is 1.28. The number of ether oxygens (including phenoxy) is 1. The van der Waals surface area contributed by atoms with Gasteiger partial charge in [0, 0.05) is 31.2 Å². The molecule has 2 aliphatic heterocycles. The van der Waals surface area contributed by atoms with E-state index in [0.29, 0.717) is 31.7 Å². The molecule has 6 heteroatoms. The molecule has 1 aromatic carbocycles. The third-order valence-electron chi connectivity index (χ3n) is 5.44. The summed E-state index contributed by atoms with van der Waals surface area (Å²) in [4.78, 5) is 28.5. The largest absolute Gasteiger partial charge is 0.480 e. The quantitative estimate of drug-likeness (QED) is 0.902. The predicted molar refractivity (Wildman–Crippen MR) is 93.8 cm³/mol. The first-order valence-electron chi connectivity index (χ1n) is 8.90. The molecule has 2 saturated heterocycles. The monoisotopic (exact) mass is 346 g/mol. The number of carboxylic acids is 1. The van der Waals surface area contributed by atoms with Crippen molar-refractivity contribution < 1.29 is 19.4 Å². The Hall–Kier alpha value is -1.92. The number of hydrogen-bond donors (Lipinski definition) is 1. The standard InChI is InChI=1S/C19H26N2O4/c1-13-3-4-15(11-14(13)2)18(22)21-6-5-16(12-17(21)19(23)24)20-7-9-25-10-8-20/h3-4,11,16-17H,5-10,12H2,1-2H3,(H,23,24). The van der Waals surface area contributed by atoms with Gasteiger partial charge in [-0.05, 0) is 49.9 Å². The Morgan fingerprint density at radius 2 is 1.84 bits per heavy atom. The topological polar surface area (TPSA) is 70.1 Å². The molecule has 0 aliphatic carbocycles. The number of aliphatic carboxylic acids is 1. The molecule has 1 amide bonds. The molecule has 0 bridgehead atoms. The number of hydrogen-bond acceptors (Lipinski definition) is 4. The first kappa shape index (κ1) is 17.9. The van der Waals surface area contributed by atoms with Crippen LogP contribution in [0.1, 0.15) is 34.3 Å². The normalized spacial score (nSPS) is 25.0. The summed E-state index contributed by atoms with van der Waals surface area (Å²) in [7, 11) is 0. The minimum Gasteiger partial charge on any atom is -0.480 e. The van der Waals surface area contributed by atoms with Crippen LogP contribution in [0.3, 0.4) is 0 Å². The van der Waals surface area contributed by atoms with Gasteiger partial charge in [0.05, 0.1) is 13.2 Å². The zero-order valence-corrected chi connectivity index (χ0v) is 14.9. The van der Waals surface area contributed by atoms with Crippen molar-refractivity contribution in [3.05, 3.63) is 34.9 Å². The summed E-state index contributed by atoms with van der Waals surface area (Å²) in [6, 6.07) is 4.99. The molecular formula is C19H26N2O4. The fraction of sp³-hybridized carbons (Fsp3) is 0.579. The number of amides is 1. The smallest absolute Gasteiger partial charge is 0.326 e. The van der Waals surface area contributed by atoms with E-state index in [1.807, 2.05) is 26.0 Å². The van der Waals surface area contributed by atoms with Gasteiger partial charge in [-0.1, -0.05) is 6.07 Å². The van der Waals surface area contributed by atoms with Gasteiger partial charge in [-0.2, -0.15) is 0 Å². The Kier molecular flexibility index (Phi) is 5.39. The Morgan fingerprint density at radius 3 is 2.48 bits per heavy atom. The average molecular weight is 346 g/mol. The van der Waals surface area contributed by atoms with Gasteiger partial charge < -0.3 is 14.7 Å². The molecule has 0 spiro atoms. The van der Waals surface area contributed by atoms with Crippen LogP contribution in [0.2, 0.25) is 0 Å². The molecule has 6 nitrogen and oxygen atoms in total. The van der Waals surface area contributed by atoms with Crippen molar-refractivity contribution in [2.24, 2.45) is 0 Å². The van der Waals surface area contributed by atoms with Crippen LogP contribution in [-0.2, 0) is 9.53 Å². The van der Waals surface area contributed by atoms with Crippen LogP contribution >= 0.6 is 0 Å². The van der Waals surface area contributed by atoms with Gasteiger partial charge in [0.2, 0.25) is 0 Å². The number of nitrogens with zero attached hydrogens (tertiary/aromatic N) is 2. The van der Waals surface area contributed by atoms with E-state index >= 15 is 0 Å². The maximum Gasteiger partial charge on any atom is 0.326 e. The summed E-state index contributed by atoms with van der Waals surface area (Å²) >= 11 is 0. The van der Waals surface area contributed by atoms with Gasteiger partial charge in [0.1, 0.15) is 6.04 Å². The number of benzene rings is 1. The number of carbonyl (C=O) groups excluding carboxylic acids is 1. The van der Waals surface area contributed by atoms with Crippen LogP contribution in [0, 0.1) is 13.8 Å². The Morgan fingerprint density at radius 1 is 1.12 bits per heavy atom. The molecule has 3 rings (SSSR count). The predicted octanol–water partition coefficient (Wildman–Crippen LogP) is 1.69. The number of carbonyl (C=O) groups is 2. The van der Waals surface area contributed by atoms with Crippen molar-refractivity contribution in [2.45, 2.75) is 38.8 Å². The van der Waals surface area contributed by atoms with Crippen molar-refractivity contribution in [1.29, 1.82) is 0 Å². The zero-order chi connectivity index (χ0) is 18.0. The molecule has 1 aromatic rings. The lowest BCUT2D eigenvalue weighted by Gasteiger charge is -2.43. The van der Waals surface area contributed by atoms with E-state index in [-0.39, 0.29) is 11.9 Å². The van der Waals surface area contributed by atoms with E-state index in [9.17, 15) is 14.7 Å². The first-order valence-corrected chi connectivity index (χ1v) is 8.90. The molecule has 2 atom stereocenters. The maximum absolute atomic E-state index is 12.9. The second-order valence-electron chi connectivity index (χ2n) is 6.98. The summed E-state index contributed by atoms with van der Waals surface area (Å²) in [5, 5.41) is 9.68. The van der Waals surface area contributed by atoms with Crippen LogP contribution < -0.4 is 0 Å². The summed E-state index contributed by atoms with van der Waals surface area (Å²) < 4.78 is 5.38. The molecule has 1 N–H and O–H groups in total. The van der Waals surface area contributed by atoms with E-state index in [4.69, 9.17) is 4.74 Å². The zero-order valence-electron chi connectivity index (χ0n) is 14.9. The van der Waals surface area contributed by atoms with Gasteiger partial charge in [0.15, 0.2) is 0 Å². The second-order valence-corrected chi connectivity index (χ2v) is 6.98. The molecule has 136 valence electrons. The lowest BCUT2D eigenvalue weighted by Crippen LogP contribution is -2.56. The third kappa shape index (κ3) is 3.85. The highest BCUT2D eigenvalue weighted by Gasteiger charge is 2.38.